The minimum absolute atomic E-state index is 0.0173. The Morgan fingerprint density at radius 2 is 1.68 bits per heavy atom. The number of alkyl halides is 3. The number of urea groups is 1. The van der Waals surface area contributed by atoms with Gasteiger partial charge in [-0.05, 0) is 106 Å². The van der Waals surface area contributed by atoms with E-state index in [9.17, 15) is 22.8 Å². The molecule has 9 nitrogen and oxygen atoms in total. The highest BCUT2D eigenvalue weighted by molar-refractivity contribution is 7.08. The van der Waals surface area contributed by atoms with Gasteiger partial charge in [0.2, 0.25) is 5.96 Å². The lowest BCUT2D eigenvalue weighted by atomic mass is 9.84. The van der Waals surface area contributed by atoms with Gasteiger partial charge in [-0.2, -0.15) is 29.6 Å². The van der Waals surface area contributed by atoms with Gasteiger partial charge >= 0.3 is 12.2 Å². The van der Waals surface area contributed by atoms with Crippen LogP contribution in [0.4, 0.5) is 29.3 Å². The van der Waals surface area contributed by atoms with Crippen LogP contribution in [-0.4, -0.2) is 24.9 Å². The molecule has 4 N–H and O–H groups in total. The van der Waals surface area contributed by atoms with Crippen LogP contribution in [0.1, 0.15) is 65.1 Å². The monoisotopic (exact) mass is 661 g/mol. The largest absolute Gasteiger partial charge is 0.416 e. The zero-order chi connectivity index (χ0) is 33.4. The Bertz CT molecular complexity index is 1730. The fourth-order valence-electron chi connectivity index (χ4n) is 5.54. The van der Waals surface area contributed by atoms with Gasteiger partial charge in [0, 0.05) is 16.9 Å². The molecule has 1 heterocycles. The highest BCUT2D eigenvalue weighted by Gasteiger charge is 2.32. The molecule has 0 spiro atoms. The summed E-state index contributed by atoms with van der Waals surface area (Å²) in [7, 11) is 1.41. The molecular formula is C34H34F3N7O2S. The molecule has 1 aliphatic carbocycles. The number of anilines is 2. The fourth-order valence-corrected chi connectivity index (χ4v) is 6.21. The summed E-state index contributed by atoms with van der Waals surface area (Å²) in [6, 6.07) is 18.9. The van der Waals surface area contributed by atoms with Crippen LogP contribution in [0, 0.1) is 0 Å². The van der Waals surface area contributed by atoms with Crippen LogP contribution in [-0.2, 0) is 12.7 Å². The lowest BCUT2D eigenvalue weighted by Crippen LogP contribution is -2.36. The van der Waals surface area contributed by atoms with Crippen molar-refractivity contribution in [1.82, 2.24) is 5.32 Å². The van der Waals surface area contributed by atoms with E-state index >= 15 is 0 Å². The number of carbonyl (C=O) groups is 2. The van der Waals surface area contributed by atoms with E-state index < -0.39 is 23.7 Å². The van der Waals surface area contributed by atoms with Gasteiger partial charge < -0.3 is 11.1 Å². The first kappa shape index (κ1) is 33.3. The first-order valence-electron chi connectivity index (χ1n) is 15.1. The van der Waals surface area contributed by atoms with Gasteiger partial charge in [-0.1, -0.05) is 48.6 Å². The molecular weight excluding hydrogens is 627 g/mol. The third kappa shape index (κ3) is 8.82. The first-order chi connectivity index (χ1) is 22.6. The average molecular weight is 662 g/mol. The van der Waals surface area contributed by atoms with E-state index in [-0.39, 0.29) is 23.8 Å². The molecule has 3 aromatic carbocycles. The van der Waals surface area contributed by atoms with Crippen LogP contribution in [0.25, 0.3) is 11.1 Å². The molecule has 0 bridgehead atoms. The number of halogens is 3. The molecule has 47 heavy (non-hydrogen) atoms. The first-order valence-corrected chi connectivity index (χ1v) is 16.0. The maximum atomic E-state index is 13.9. The third-order valence-corrected chi connectivity index (χ3v) is 8.62. The summed E-state index contributed by atoms with van der Waals surface area (Å²) in [6.07, 6.45) is 1.23. The second kappa shape index (κ2) is 15.0. The number of carbonyl (C=O) groups excluding carboxylic acids is 2. The van der Waals surface area contributed by atoms with E-state index in [1.54, 1.807) is 41.1 Å². The van der Waals surface area contributed by atoms with Crippen LogP contribution < -0.4 is 21.3 Å². The van der Waals surface area contributed by atoms with E-state index in [1.807, 2.05) is 24.3 Å². The SMILES string of the molecule is CN=NN=C(N)NC(=O)c1ccc(CN(C(=O)Nc2cc(-c3ccsc3)cc(C(F)(F)F)c2)c2ccc(C3CCCCC3)cc2)cc1. The lowest BCUT2D eigenvalue weighted by molar-refractivity contribution is -0.137. The molecule has 0 saturated heterocycles. The molecule has 1 aliphatic rings. The molecule has 1 aromatic heterocycles. The number of benzene rings is 3. The van der Waals surface area contributed by atoms with Crippen LogP contribution in [0.5, 0.6) is 0 Å². The summed E-state index contributed by atoms with van der Waals surface area (Å²) in [6.45, 7) is 0.0767. The molecule has 13 heteroatoms. The number of nitrogens with one attached hydrogen (secondary N) is 2. The Morgan fingerprint density at radius 3 is 2.32 bits per heavy atom. The zero-order valence-corrected chi connectivity index (χ0v) is 26.4. The smallest absolute Gasteiger partial charge is 0.368 e. The van der Waals surface area contributed by atoms with Gasteiger partial charge in [0.1, 0.15) is 0 Å². The number of guanidine groups is 1. The van der Waals surface area contributed by atoms with Crippen LogP contribution in [0.2, 0.25) is 0 Å². The average Bonchev–Trinajstić information content (AvgIpc) is 3.62. The van der Waals surface area contributed by atoms with Crippen molar-refractivity contribution in [3.8, 4) is 11.1 Å². The lowest BCUT2D eigenvalue weighted by Gasteiger charge is -2.26. The van der Waals surface area contributed by atoms with Crippen molar-refractivity contribution in [3.05, 3.63) is 106 Å². The maximum Gasteiger partial charge on any atom is 0.416 e. The Morgan fingerprint density at radius 1 is 0.957 bits per heavy atom. The molecule has 3 amide bonds. The van der Waals surface area contributed by atoms with Gasteiger partial charge in [0.05, 0.1) is 19.2 Å². The number of amides is 3. The van der Waals surface area contributed by atoms with E-state index in [2.05, 4.69) is 26.1 Å². The molecule has 1 fully saturated rings. The molecule has 0 unspecified atom stereocenters. The number of hydrogen-bond acceptors (Lipinski definition) is 5. The maximum absolute atomic E-state index is 13.9. The predicted octanol–water partition coefficient (Wildman–Crippen LogP) is 8.76. The van der Waals surface area contributed by atoms with E-state index in [0.29, 0.717) is 28.3 Å². The summed E-state index contributed by atoms with van der Waals surface area (Å²) in [5.41, 5.74) is 8.50. The second-order valence-electron chi connectivity index (χ2n) is 11.2. The Labute approximate surface area is 274 Å². The van der Waals surface area contributed by atoms with Crippen LogP contribution in [0.3, 0.4) is 0 Å². The highest BCUT2D eigenvalue weighted by atomic mass is 32.1. The predicted molar refractivity (Wildman–Crippen MR) is 179 cm³/mol. The minimum Gasteiger partial charge on any atom is -0.368 e. The summed E-state index contributed by atoms with van der Waals surface area (Å²) in [4.78, 5) is 27.9. The molecule has 4 aromatic rings. The van der Waals surface area contributed by atoms with Crippen molar-refractivity contribution in [1.29, 1.82) is 0 Å². The normalized spacial score (nSPS) is 14.3. The Kier molecular flexibility index (Phi) is 10.7. The number of nitrogens with zero attached hydrogens (tertiary/aromatic N) is 4. The van der Waals surface area contributed by atoms with Crippen molar-refractivity contribution < 1.29 is 22.8 Å². The highest BCUT2D eigenvalue weighted by Crippen LogP contribution is 2.36. The third-order valence-electron chi connectivity index (χ3n) is 7.93. The van der Waals surface area contributed by atoms with Crippen molar-refractivity contribution >= 4 is 40.6 Å². The van der Waals surface area contributed by atoms with E-state index in [1.165, 1.54) is 54.2 Å². The van der Waals surface area contributed by atoms with Crippen LogP contribution in [0.15, 0.2) is 99.0 Å². The van der Waals surface area contributed by atoms with Crippen LogP contribution >= 0.6 is 11.3 Å². The quantitative estimate of drug-likeness (QED) is 0.0757. The fraction of sp³-hybridized carbons (Fsp3) is 0.265. The van der Waals surface area contributed by atoms with Crippen molar-refractivity contribution in [2.45, 2.75) is 50.7 Å². The summed E-state index contributed by atoms with van der Waals surface area (Å²) in [5.74, 6) is -0.271. The summed E-state index contributed by atoms with van der Waals surface area (Å²) >= 11 is 1.37. The van der Waals surface area contributed by atoms with Crippen molar-refractivity contribution in [2.75, 3.05) is 17.3 Å². The van der Waals surface area contributed by atoms with E-state index in [4.69, 9.17) is 5.73 Å². The van der Waals surface area contributed by atoms with E-state index in [0.717, 1.165) is 25.0 Å². The van der Waals surface area contributed by atoms with Gasteiger partial charge in [0.15, 0.2) is 0 Å². The number of nitrogens with two attached hydrogens (primary N) is 1. The second-order valence-corrected chi connectivity index (χ2v) is 12.0. The molecule has 1 saturated carbocycles. The topological polar surface area (TPSA) is 125 Å². The Hall–Kier alpha value is -5.04. The summed E-state index contributed by atoms with van der Waals surface area (Å²) < 4.78 is 41.6. The number of rotatable bonds is 8. The zero-order valence-electron chi connectivity index (χ0n) is 25.6. The number of hydrogen-bond donors (Lipinski definition) is 3. The van der Waals surface area contributed by atoms with Gasteiger partial charge in [-0.15, -0.1) is 0 Å². The molecule has 0 radical (unpaired) electrons. The van der Waals surface area contributed by atoms with Gasteiger partial charge in [-0.25, -0.2) is 4.79 Å². The minimum atomic E-state index is -4.61. The van der Waals surface area contributed by atoms with Crippen molar-refractivity contribution in [2.24, 2.45) is 21.2 Å². The van der Waals surface area contributed by atoms with Crippen molar-refractivity contribution in [3.63, 3.8) is 0 Å². The molecule has 244 valence electrons. The molecule has 0 aliphatic heterocycles. The van der Waals surface area contributed by atoms with Gasteiger partial charge in [0.25, 0.3) is 5.91 Å². The molecule has 0 atom stereocenters. The summed E-state index contributed by atoms with van der Waals surface area (Å²) in [5, 5.41) is 19.0. The molecule has 5 rings (SSSR count). The number of thiophene rings is 1. The standard InChI is InChI=1S/C34H34F3N7O2S/c1-39-43-42-32(38)41-31(45)25-9-7-22(8-10-25)20-44(30-13-11-24(12-14-30)23-5-3-2-4-6-23)33(46)40-29-18-27(26-15-16-47-21-26)17-28(19-29)34(35,36)37/h7-19,21,23H,2-6,20H2,1H3,(H,40,46)(H3,38,39,41,42,45). The van der Waals surface area contributed by atoms with Gasteiger partial charge in [-0.3, -0.25) is 15.0 Å². The Balaban J connectivity index is 1.42.